The molecule has 0 fully saturated rings. The lowest BCUT2D eigenvalue weighted by atomic mass is 10.2. The summed E-state index contributed by atoms with van der Waals surface area (Å²) in [6.07, 6.45) is 0. The maximum absolute atomic E-state index is 5.79. The van der Waals surface area contributed by atoms with Crippen molar-refractivity contribution in [1.29, 1.82) is 0 Å². The molecule has 102 valence electrons. The average Bonchev–Trinajstić information content (AvgIpc) is 2.54. The van der Waals surface area contributed by atoms with Crippen LogP contribution in [0.4, 0.5) is 0 Å². The van der Waals surface area contributed by atoms with E-state index in [9.17, 15) is 0 Å². The zero-order chi connectivity index (χ0) is 13.7. The summed E-state index contributed by atoms with van der Waals surface area (Å²) in [5.41, 5.74) is 2.42. The summed E-state index contributed by atoms with van der Waals surface area (Å²) in [7, 11) is 2.08. The van der Waals surface area contributed by atoms with Crippen LogP contribution in [0, 0.1) is 6.92 Å². The Hall–Kier alpha value is -1.06. The summed E-state index contributed by atoms with van der Waals surface area (Å²) in [5, 5.41) is 3.41. The molecule has 0 radical (unpaired) electrons. The molecule has 18 heavy (non-hydrogen) atoms. The maximum atomic E-state index is 5.79. The molecular formula is C15H26N2O. The molecule has 1 N–H and O–H groups in total. The van der Waals surface area contributed by atoms with Gasteiger partial charge >= 0.3 is 0 Å². The van der Waals surface area contributed by atoms with Crippen molar-refractivity contribution in [3.05, 3.63) is 35.3 Å². The molecule has 1 rings (SSSR count). The molecule has 0 bridgehead atoms. The normalized spacial score (nSPS) is 11.5. The average molecular weight is 250 g/mol. The molecule has 3 heteroatoms. The van der Waals surface area contributed by atoms with E-state index >= 15 is 0 Å². The Balaban J connectivity index is 2.57. The van der Waals surface area contributed by atoms with Gasteiger partial charge in [-0.3, -0.25) is 4.90 Å². The second kappa shape index (κ2) is 6.76. The van der Waals surface area contributed by atoms with Crippen molar-refractivity contribution in [3.63, 3.8) is 0 Å². The lowest BCUT2D eigenvalue weighted by Gasteiger charge is -2.14. The fourth-order valence-corrected chi connectivity index (χ4v) is 1.94. The molecule has 1 aromatic heterocycles. The van der Waals surface area contributed by atoms with Crippen LogP contribution in [0.25, 0.3) is 0 Å². The van der Waals surface area contributed by atoms with E-state index < -0.39 is 0 Å². The maximum Gasteiger partial charge on any atom is 0.118 e. The van der Waals surface area contributed by atoms with Gasteiger partial charge < -0.3 is 9.73 Å². The highest BCUT2D eigenvalue weighted by molar-refractivity contribution is 5.20. The number of rotatable bonds is 7. The predicted molar refractivity (Wildman–Crippen MR) is 76.6 cm³/mol. The molecular weight excluding hydrogens is 224 g/mol. The highest BCUT2D eigenvalue weighted by Crippen LogP contribution is 2.16. The molecule has 0 aliphatic carbocycles. The van der Waals surface area contributed by atoms with E-state index in [1.54, 1.807) is 0 Å². The molecule has 1 heterocycles. The summed E-state index contributed by atoms with van der Waals surface area (Å²) >= 11 is 0. The van der Waals surface area contributed by atoms with Crippen LogP contribution in [0.5, 0.6) is 0 Å². The minimum Gasteiger partial charge on any atom is -0.465 e. The van der Waals surface area contributed by atoms with E-state index in [0.717, 1.165) is 31.2 Å². The minimum atomic E-state index is 0.494. The largest absolute Gasteiger partial charge is 0.465 e. The van der Waals surface area contributed by atoms with E-state index in [1.807, 2.05) is 13.8 Å². The number of nitrogens with one attached hydrogen (secondary N) is 1. The van der Waals surface area contributed by atoms with Gasteiger partial charge in [-0.1, -0.05) is 26.0 Å². The summed E-state index contributed by atoms with van der Waals surface area (Å²) in [6, 6.07) is 2.65. The first-order valence-corrected chi connectivity index (χ1v) is 6.53. The van der Waals surface area contributed by atoms with Gasteiger partial charge in [-0.25, -0.2) is 0 Å². The smallest absolute Gasteiger partial charge is 0.118 e. The van der Waals surface area contributed by atoms with Gasteiger partial charge in [-0.05, 0) is 27.0 Å². The first-order chi connectivity index (χ1) is 8.38. The van der Waals surface area contributed by atoms with E-state index in [2.05, 4.69) is 43.8 Å². The first kappa shape index (κ1) is 15.0. The SMILES string of the molecule is C=C(C)CN(C)Cc1cc(CNC(C)C)c(C)o1. The van der Waals surface area contributed by atoms with Crippen LogP contribution in [-0.4, -0.2) is 24.5 Å². The Morgan fingerprint density at radius 3 is 2.72 bits per heavy atom. The molecule has 1 aromatic rings. The first-order valence-electron chi connectivity index (χ1n) is 6.53. The molecule has 0 atom stereocenters. The van der Waals surface area contributed by atoms with Gasteiger partial charge in [0.15, 0.2) is 0 Å². The zero-order valence-corrected chi connectivity index (χ0v) is 12.3. The minimum absolute atomic E-state index is 0.494. The Morgan fingerprint density at radius 2 is 2.17 bits per heavy atom. The van der Waals surface area contributed by atoms with E-state index in [-0.39, 0.29) is 0 Å². The monoisotopic (exact) mass is 250 g/mol. The number of hydrogen-bond donors (Lipinski definition) is 1. The van der Waals surface area contributed by atoms with E-state index in [0.29, 0.717) is 6.04 Å². The molecule has 0 saturated carbocycles. The molecule has 3 nitrogen and oxygen atoms in total. The van der Waals surface area contributed by atoms with Gasteiger partial charge in [0.25, 0.3) is 0 Å². The van der Waals surface area contributed by atoms with Gasteiger partial charge in [-0.15, -0.1) is 0 Å². The third-order valence-corrected chi connectivity index (χ3v) is 2.74. The summed E-state index contributed by atoms with van der Waals surface area (Å²) < 4.78 is 5.79. The quantitative estimate of drug-likeness (QED) is 0.754. The van der Waals surface area contributed by atoms with Crippen LogP contribution < -0.4 is 5.32 Å². The number of nitrogens with zero attached hydrogens (tertiary/aromatic N) is 1. The Kier molecular flexibility index (Phi) is 5.63. The summed E-state index contributed by atoms with van der Waals surface area (Å²) in [4.78, 5) is 2.21. The van der Waals surface area contributed by atoms with Crippen LogP contribution in [0.15, 0.2) is 22.6 Å². The Labute approximate surface area is 111 Å². The molecule has 0 aromatic carbocycles. The third kappa shape index (κ3) is 5.07. The van der Waals surface area contributed by atoms with Crippen molar-refractivity contribution < 1.29 is 4.42 Å². The van der Waals surface area contributed by atoms with Crippen molar-refractivity contribution in [3.8, 4) is 0 Å². The third-order valence-electron chi connectivity index (χ3n) is 2.74. The highest BCUT2D eigenvalue weighted by Gasteiger charge is 2.09. The van der Waals surface area contributed by atoms with Crippen LogP contribution >= 0.6 is 0 Å². The fraction of sp³-hybridized carbons (Fsp3) is 0.600. The van der Waals surface area contributed by atoms with Crippen molar-refractivity contribution in [2.75, 3.05) is 13.6 Å². The topological polar surface area (TPSA) is 28.4 Å². The van der Waals surface area contributed by atoms with Crippen LogP contribution in [0.3, 0.4) is 0 Å². The molecule has 0 unspecified atom stereocenters. The van der Waals surface area contributed by atoms with Crippen molar-refractivity contribution in [2.24, 2.45) is 0 Å². The van der Waals surface area contributed by atoms with Crippen molar-refractivity contribution >= 4 is 0 Å². The number of hydrogen-bond acceptors (Lipinski definition) is 3. The van der Waals surface area contributed by atoms with Gasteiger partial charge in [0.05, 0.1) is 6.54 Å². The van der Waals surface area contributed by atoms with Crippen LogP contribution in [0.1, 0.15) is 37.9 Å². The van der Waals surface area contributed by atoms with Gasteiger partial charge in [-0.2, -0.15) is 0 Å². The molecule has 0 saturated heterocycles. The number of furan rings is 1. The highest BCUT2D eigenvalue weighted by atomic mass is 16.3. The second-order valence-electron chi connectivity index (χ2n) is 5.46. The van der Waals surface area contributed by atoms with E-state index in [4.69, 9.17) is 4.42 Å². The van der Waals surface area contributed by atoms with Crippen LogP contribution in [0.2, 0.25) is 0 Å². The fourth-order valence-electron chi connectivity index (χ4n) is 1.94. The number of aryl methyl sites for hydroxylation is 1. The summed E-state index contributed by atoms with van der Waals surface area (Å²) in [6.45, 7) is 14.9. The molecule has 0 aliphatic heterocycles. The van der Waals surface area contributed by atoms with Gasteiger partial charge in [0, 0.05) is 24.7 Å². The van der Waals surface area contributed by atoms with Crippen LogP contribution in [-0.2, 0) is 13.1 Å². The lowest BCUT2D eigenvalue weighted by molar-refractivity contribution is 0.313. The Morgan fingerprint density at radius 1 is 1.50 bits per heavy atom. The Bertz CT molecular complexity index is 393. The molecule has 0 aliphatic rings. The second-order valence-corrected chi connectivity index (χ2v) is 5.46. The van der Waals surface area contributed by atoms with Crippen molar-refractivity contribution in [1.82, 2.24) is 10.2 Å². The standard InChI is InChI=1S/C15H26N2O/c1-11(2)9-17(6)10-15-7-14(13(5)18-15)8-16-12(3)4/h7,12,16H,1,8-10H2,2-6H3. The predicted octanol–water partition coefficient (Wildman–Crippen LogP) is 3.09. The molecule has 0 spiro atoms. The van der Waals surface area contributed by atoms with Crippen molar-refractivity contribution in [2.45, 2.75) is 46.8 Å². The van der Waals surface area contributed by atoms with E-state index in [1.165, 1.54) is 11.1 Å². The summed E-state index contributed by atoms with van der Waals surface area (Å²) in [5.74, 6) is 2.04. The number of likely N-dealkylation sites (N-methyl/N-ethyl adjacent to an activating group) is 1. The van der Waals surface area contributed by atoms with Gasteiger partial charge in [0.2, 0.25) is 0 Å². The zero-order valence-electron chi connectivity index (χ0n) is 12.3. The molecule has 0 amide bonds. The lowest BCUT2D eigenvalue weighted by Crippen LogP contribution is -2.22. The van der Waals surface area contributed by atoms with Gasteiger partial charge in [0.1, 0.15) is 11.5 Å².